The lowest BCUT2D eigenvalue weighted by atomic mass is 9.92. The van der Waals surface area contributed by atoms with Gasteiger partial charge in [-0.05, 0) is 38.5 Å². The molecular weight excluding hydrogens is 332 g/mol. The van der Waals surface area contributed by atoms with Crippen LogP contribution in [0.25, 0.3) is 11.2 Å². The SMILES string of the molecule is NC1CCC(Nc2nc(NC3CCN(C=O)CC3)c3[nH]cnc3n2)CC1. The molecule has 0 aromatic carbocycles. The molecule has 2 aliphatic rings. The third-order valence-electron chi connectivity index (χ3n) is 5.41. The van der Waals surface area contributed by atoms with Crippen LogP contribution in [-0.2, 0) is 4.79 Å². The number of hydrogen-bond acceptors (Lipinski definition) is 7. The summed E-state index contributed by atoms with van der Waals surface area (Å²) in [4.78, 5) is 29.3. The number of likely N-dealkylation sites (tertiary alicyclic amines) is 1. The highest BCUT2D eigenvalue weighted by Gasteiger charge is 2.22. The van der Waals surface area contributed by atoms with E-state index in [1.54, 1.807) is 6.33 Å². The molecule has 9 heteroatoms. The van der Waals surface area contributed by atoms with Gasteiger partial charge >= 0.3 is 0 Å². The number of H-pyrrole nitrogens is 1. The van der Waals surface area contributed by atoms with Crippen molar-refractivity contribution < 1.29 is 4.79 Å². The third kappa shape index (κ3) is 3.72. The maximum Gasteiger partial charge on any atom is 0.227 e. The highest BCUT2D eigenvalue weighted by atomic mass is 16.1. The summed E-state index contributed by atoms with van der Waals surface area (Å²) >= 11 is 0. The maximum atomic E-state index is 10.9. The van der Waals surface area contributed by atoms with Crippen LogP contribution in [0.4, 0.5) is 11.8 Å². The fourth-order valence-electron chi connectivity index (χ4n) is 3.79. The molecule has 0 bridgehead atoms. The van der Waals surface area contributed by atoms with Crippen LogP contribution in [0.3, 0.4) is 0 Å². The van der Waals surface area contributed by atoms with Crippen molar-refractivity contribution in [1.82, 2.24) is 24.8 Å². The predicted octanol–water partition coefficient (Wildman–Crippen LogP) is 1.07. The Morgan fingerprint density at radius 2 is 1.81 bits per heavy atom. The molecule has 0 radical (unpaired) electrons. The summed E-state index contributed by atoms with van der Waals surface area (Å²) in [5, 5.41) is 6.97. The van der Waals surface area contributed by atoms with E-state index in [0.29, 0.717) is 23.7 Å². The number of imidazole rings is 1. The minimum atomic E-state index is 0.285. The van der Waals surface area contributed by atoms with Gasteiger partial charge in [-0.15, -0.1) is 0 Å². The first-order chi connectivity index (χ1) is 12.7. The smallest absolute Gasteiger partial charge is 0.227 e. The van der Waals surface area contributed by atoms with Gasteiger partial charge in [0.05, 0.1) is 6.33 Å². The molecule has 2 aromatic heterocycles. The van der Waals surface area contributed by atoms with Gasteiger partial charge in [0, 0.05) is 31.2 Å². The lowest BCUT2D eigenvalue weighted by molar-refractivity contribution is -0.118. The molecule has 9 nitrogen and oxygen atoms in total. The van der Waals surface area contributed by atoms with E-state index in [1.165, 1.54) is 0 Å². The van der Waals surface area contributed by atoms with Crippen molar-refractivity contribution in [2.75, 3.05) is 23.7 Å². The Labute approximate surface area is 152 Å². The first-order valence-corrected chi connectivity index (χ1v) is 9.40. The molecule has 26 heavy (non-hydrogen) atoms. The monoisotopic (exact) mass is 358 g/mol. The number of aromatic amines is 1. The minimum absolute atomic E-state index is 0.285. The van der Waals surface area contributed by atoms with Crippen molar-refractivity contribution >= 4 is 29.3 Å². The van der Waals surface area contributed by atoms with Gasteiger partial charge in [-0.25, -0.2) is 4.98 Å². The minimum Gasteiger partial charge on any atom is -0.365 e. The molecule has 0 spiro atoms. The van der Waals surface area contributed by atoms with Crippen molar-refractivity contribution in [1.29, 1.82) is 0 Å². The zero-order valence-electron chi connectivity index (χ0n) is 14.8. The second-order valence-corrected chi connectivity index (χ2v) is 7.31. The molecule has 140 valence electrons. The molecule has 0 unspecified atom stereocenters. The Bertz CT molecular complexity index is 746. The average molecular weight is 358 g/mol. The number of hydrogen-bond donors (Lipinski definition) is 4. The fraction of sp³-hybridized carbons (Fsp3) is 0.647. The van der Waals surface area contributed by atoms with Gasteiger partial charge < -0.3 is 26.3 Å². The zero-order valence-corrected chi connectivity index (χ0v) is 14.8. The quantitative estimate of drug-likeness (QED) is 0.589. The number of nitrogens with zero attached hydrogens (tertiary/aromatic N) is 4. The Kier molecular flexibility index (Phi) is 4.87. The van der Waals surface area contributed by atoms with E-state index < -0.39 is 0 Å². The zero-order chi connectivity index (χ0) is 17.9. The Morgan fingerprint density at radius 3 is 2.54 bits per heavy atom. The molecule has 0 atom stereocenters. The molecule has 1 saturated heterocycles. The molecule has 1 saturated carbocycles. The number of carbonyl (C=O) groups excluding carboxylic acids is 1. The number of nitrogens with one attached hydrogen (secondary N) is 3. The van der Waals surface area contributed by atoms with Crippen molar-refractivity contribution in [2.45, 2.75) is 56.7 Å². The lowest BCUT2D eigenvalue weighted by Crippen LogP contribution is -2.38. The number of nitrogens with two attached hydrogens (primary N) is 1. The van der Waals surface area contributed by atoms with Gasteiger partial charge in [0.1, 0.15) is 5.52 Å². The van der Waals surface area contributed by atoms with Crippen molar-refractivity contribution in [3.63, 3.8) is 0 Å². The number of anilines is 2. The first-order valence-electron chi connectivity index (χ1n) is 9.40. The first kappa shape index (κ1) is 17.0. The van der Waals surface area contributed by atoms with Crippen LogP contribution in [-0.4, -0.2) is 62.5 Å². The molecule has 1 aliphatic heterocycles. The molecule has 1 amide bonds. The van der Waals surface area contributed by atoms with Gasteiger partial charge in [-0.1, -0.05) is 0 Å². The number of fused-ring (bicyclic) bond motifs is 1. The van der Waals surface area contributed by atoms with E-state index in [9.17, 15) is 4.79 Å². The number of amides is 1. The van der Waals surface area contributed by atoms with Crippen LogP contribution in [0.1, 0.15) is 38.5 Å². The molecule has 2 aromatic rings. The highest BCUT2D eigenvalue weighted by molar-refractivity contribution is 5.83. The fourth-order valence-corrected chi connectivity index (χ4v) is 3.79. The average Bonchev–Trinajstić information content (AvgIpc) is 3.13. The van der Waals surface area contributed by atoms with Crippen LogP contribution < -0.4 is 16.4 Å². The van der Waals surface area contributed by atoms with Crippen molar-refractivity contribution in [3.05, 3.63) is 6.33 Å². The summed E-state index contributed by atoms with van der Waals surface area (Å²) in [6.45, 7) is 1.54. The van der Waals surface area contributed by atoms with Gasteiger partial charge in [0.2, 0.25) is 12.4 Å². The largest absolute Gasteiger partial charge is 0.365 e. The topological polar surface area (TPSA) is 125 Å². The van der Waals surface area contributed by atoms with Gasteiger partial charge in [-0.2, -0.15) is 9.97 Å². The van der Waals surface area contributed by atoms with Crippen LogP contribution in [0.2, 0.25) is 0 Å². The normalized spacial score (nSPS) is 24.6. The summed E-state index contributed by atoms with van der Waals surface area (Å²) in [5.41, 5.74) is 7.46. The molecule has 2 fully saturated rings. The standard InChI is InChI=1S/C17H26N8O/c18-11-1-3-12(4-2-11)22-17-23-15-14(19-9-20-15)16(24-17)21-13-5-7-25(10-26)8-6-13/h9-13H,1-8,18H2,(H3,19,20,21,22,23,24). The van der Waals surface area contributed by atoms with Crippen LogP contribution in [0.5, 0.6) is 0 Å². The number of piperidine rings is 1. The predicted molar refractivity (Wildman–Crippen MR) is 99.8 cm³/mol. The van der Waals surface area contributed by atoms with Crippen molar-refractivity contribution in [2.24, 2.45) is 5.73 Å². The molecular formula is C17H26N8O. The van der Waals surface area contributed by atoms with Crippen LogP contribution in [0.15, 0.2) is 6.33 Å². The molecule has 1 aliphatic carbocycles. The summed E-state index contributed by atoms with van der Waals surface area (Å²) in [7, 11) is 0. The molecule has 3 heterocycles. The number of carbonyl (C=O) groups is 1. The summed E-state index contributed by atoms with van der Waals surface area (Å²) in [6, 6.07) is 0.959. The second kappa shape index (κ2) is 7.45. The van der Waals surface area contributed by atoms with E-state index >= 15 is 0 Å². The maximum absolute atomic E-state index is 10.9. The van der Waals surface area contributed by atoms with E-state index in [2.05, 4.69) is 25.6 Å². The second-order valence-electron chi connectivity index (χ2n) is 7.31. The highest BCUT2D eigenvalue weighted by Crippen LogP contribution is 2.24. The van der Waals surface area contributed by atoms with Gasteiger partial charge in [0.15, 0.2) is 11.5 Å². The summed E-state index contributed by atoms with van der Waals surface area (Å²) in [5.74, 6) is 1.38. The van der Waals surface area contributed by atoms with E-state index in [0.717, 1.165) is 69.4 Å². The summed E-state index contributed by atoms with van der Waals surface area (Å²) < 4.78 is 0. The third-order valence-corrected chi connectivity index (χ3v) is 5.41. The summed E-state index contributed by atoms with van der Waals surface area (Å²) in [6.07, 6.45) is 8.51. The van der Waals surface area contributed by atoms with Crippen LogP contribution in [0, 0.1) is 0 Å². The Hall–Kier alpha value is -2.42. The van der Waals surface area contributed by atoms with E-state index in [1.807, 2.05) is 4.90 Å². The van der Waals surface area contributed by atoms with Gasteiger partial charge in [0.25, 0.3) is 0 Å². The Balaban J connectivity index is 1.48. The molecule has 4 rings (SSSR count). The number of aromatic nitrogens is 4. The molecule has 5 N–H and O–H groups in total. The van der Waals surface area contributed by atoms with Crippen LogP contribution >= 0.6 is 0 Å². The van der Waals surface area contributed by atoms with Crippen molar-refractivity contribution in [3.8, 4) is 0 Å². The lowest BCUT2D eigenvalue weighted by Gasteiger charge is -2.30. The van der Waals surface area contributed by atoms with E-state index in [4.69, 9.17) is 10.7 Å². The number of rotatable bonds is 5. The Morgan fingerprint density at radius 1 is 1.08 bits per heavy atom. The van der Waals surface area contributed by atoms with E-state index in [-0.39, 0.29) is 6.04 Å². The van der Waals surface area contributed by atoms with Gasteiger partial charge in [-0.3, -0.25) is 4.79 Å².